The summed E-state index contributed by atoms with van der Waals surface area (Å²) in [7, 11) is 2.93. The smallest absolute Gasteiger partial charge is 0.338 e. The van der Waals surface area contributed by atoms with E-state index in [0.29, 0.717) is 27.1 Å². The van der Waals surface area contributed by atoms with Crippen LogP contribution in [0, 0.1) is 18.3 Å². The third-order valence-corrected chi connectivity index (χ3v) is 5.33. The van der Waals surface area contributed by atoms with Crippen molar-refractivity contribution >= 4 is 22.9 Å². The van der Waals surface area contributed by atoms with E-state index >= 15 is 0 Å². The summed E-state index contributed by atoms with van der Waals surface area (Å²) in [6, 6.07) is 7.16. The van der Waals surface area contributed by atoms with Gasteiger partial charge < -0.3 is 15.2 Å². The number of hydrogen-bond donors (Lipinski definition) is 1. The molecule has 2 N–H and O–H groups in total. The Balaban J connectivity index is 2.23. The van der Waals surface area contributed by atoms with Crippen LogP contribution in [0.25, 0.3) is 0 Å². The number of nitriles is 1. The monoisotopic (exact) mass is 370 g/mol. The van der Waals surface area contributed by atoms with Gasteiger partial charge in [-0.2, -0.15) is 5.26 Å². The predicted molar refractivity (Wildman–Crippen MR) is 98.9 cm³/mol. The Morgan fingerprint density at radius 3 is 2.69 bits per heavy atom. The van der Waals surface area contributed by atoms with Crippen molar-refractivity contribution in [3.05, 3.63) is 51.3 Å². The number of aliphatic imine (C=N–C) groups is 1. The van der Waals surface area contributed by atoms with E-state index in [1.807, 2.05) is 25.1 Å². The van der Waals surface area contributed by atoms with Gasteiger partial charge in [-0.15, -0.1) is 0 Å². The Bertz CT molecular complexity index is 927. The number of fused-ring (bicyclic) bond motifs is 1. The Kier molecular flexibility index (Phi) is 4.66. The average molecular weight is 370 g/mol. The van der Waals surface area contributed by atoms with E-state index in [1.54, 1.807) is 18.9 Å². The maximum Gasteiger partial charge on any atom is 0.338 e. The molecule has 1 aromatic carbocycles. The molecule has 26 heavy (non-hydrogen) atoms. The Labute approximate surface area is 155 Å². The first-order valence-corrected chi connectivity index (χ1v) is 8.63. The first-order chi connectivity index (χ1) is 12.4. The molecule has 0 saturated carbocycles. The molecule has 2 aliphatic rings. The lowest BCUT2D eigenvalue weighted by Gasteiger charge is -2.35. The highest BCUT2D eigenvalue weighted by molar-refractivity contribution is 8.17. The van der Waals surface area contributed by atoms with E-state index < -0.39 is 12.0 Å². The molecule has 0 aliphatic carbocycles. The molecule has 1 aromatic rings. The van der Waals surface area contributed by atoms with Crippen molar-refractivity contribution < 1.29 is 14.3 Å². The molecule has 0 spiro atoms. The van der Waals surface area contributed by atoms with Crippen LogP contribution in [0.5, 0.6) is 5.75 Å². The van der Waals surface area contributed by atoms with Gasteiger partial charge in [0, 0.05) is 0 Å². The number of nitrogens with two attached hydrogens (primary N) is 1. The van der Waals surface area contributed by atoms with Gasteiger partial charge >= 0.3 is 5.97 Å². The van der Waals surface area contributed by atoms with Crippen molar-refractivity contribution in [3.8, 4) is 11.8 Å². The Hall–Kier alpha value is -2.92. The second kappa shape index (κ2) is 6.77. The summed E-state index contributed by atoms with van der Waals surface area (Å²) < 4.78 is 10.3. The standard InChI is InChI=1S/C18H18N4O3S/c1-9-7-11(24-3)5-6-12(9)15-14(17(23)25-4)10(2)21-18-22(15)16(20)13(8-19)26-18/h5-7,15H,20H2,1-4H3/t15-/m0/s1. The fourth-order valence-electron chi connectivity index (χ4n) is 3.09. The normalized spacial score (nSPS) is 19.1. The van der Waals surface area contributed by atoms with E-state index in [4.69, 9.17) is 15.2 Å². The number of ether oxygens (including phenoxy) is 2. The topological polar surface area (TPSA) is 101 Å². The van der Waals surface area contributed by atoms with Crippen LogP contribution >= 0.6 is 11.8 Å². The summed E-state index contributed by atoms with van der Waals surface area (Å²) in [5, 5.41) is 9.91. The third kappa shape index (κ3) is 2.70. The number of thioether (sulfide) groups is 1. The zero-order valence-corrected chi connectivity index (χ0v) is 15.7. The predicted octanol–water partition coefficient (Wildman–Crippen LogP) is 2.56. The molecule has 0 fully saturated rings. The van der Waals surface area contributed by atoms with E-state index in [2.05, 4.69) is 11.1 Å². The van der Waals surface area contributed by atoms with Gasteiger partial charge in [-0.1, -0.05) is 6.07 Å². The summed E-state index contributed by atoms with van der Waals surface area (Å²) >= 11 is 1.20. The first-order valence-electron chi connectivity index (χ1n) is 7.82. The van der Waals surface area contributed by atoms with E-state index in [-0.39, 0.29) is 5.82 Å². The molecule has 0 radical (unpaired) electrons. The second-order valence-electron chi connectivity index (χ2n) is 5.81. The third-order valence-electron chi connectivity index (χ3n) is 4.35. The number of benzene rings is 1. The SMILES string of the molecule is COC(=O)C1=C(C)N=C2SC(C#N)=C(N)N2[C@H]1c1ccc(OC)cc1C. The van der Waals surface area contributed by atoms with Gasteiger partial charge in [-0.05, 0) is 48.9 Å². The molecule has 8 heteroatoms. The number of allylic oxidation sites excluding steroid dienone is 2. The Morgan fingerprint density at radius 2 is 2.12 bits per heavy atom. The van der Waals surface area contributed by atoms with Crippen molar-refractivity contribution in [1.29, 1.82) is 5.26 Å². The zero-order chi connectivity index (χ0) is 19.0. The number of nitrogens with zero attached hydrogens (tertiary/aromatic N) is 3. The van der Waals surface area contributed by atoms with Crippen molar-refractivity contribution in [1.82, 2.24) is 4.90 Å². The summed E-state index contributed by atoms with van der Waals surface area (Å²) in [6.45, 7) is 3.69. The molecule has 0 aromatic heterocycles. The van der Waals surface area contributed by atoms with Gasteiger partial charge in [0.2, 0.25) is 0 Å². The van der Waals surface area contributed by atoms with Crippen molar-refractivity contribution in [2.24, 2.45) is 10.7 Å². The lowest BCUT2D eigenvalue weighted by Crippen LogP contribution is -2.39. The molecule has 3 rings (SSSR count). The average Bonchev–Trinajstić information content (AvgIpc) is 2.95. The van der Waals surface area contributed by atoms with Gasteiger partial charge in [-0.25, -0.2) is 9.79 Å². The molecule has 0 unspecified atom stereocenters. The lowest BCUT2D eigenvalue weighted by atomic mass is 9.91. The molecule has 2 heterocycles. The van der Waals surface area contributed by atoms with E-state index in [1.165, 1.54) is 18.9 Å². The highest BCUT2D eigenvalue weighted by Crippen LogP contribution is 2.46. The van der Waals surface area contributed by atoms with Crippen molar-refractivity contribution in [3.63, 3.8) is 0 Å². The number of esters is 1. The molecule has 0 bridgehead atoms. The van der Waals surface area contributed by atoms with Crippen LogP contribution < -0.4 is 10.5 Å². The molecular weight excluding hydrogens is 352 g/mol. The number of aryl methyl sites for hydroxylation is 1. The Morgan fingerprint density at radius 1 is 1.38 bits per heavy atom. The molecule has 0 amide bonds. The van der Waals surface area contributed by atoms with Crippen LogP contribution in [0.3, 0.4) is 0 Å². The summed E-state index contributed by atoms with van der Waals surface area (Å²) in [5.74, 6) is 0.521. The fourth-order valence-corrected chi connectivity index (χ4v) is 4.00. The fraction of sp³-hybridized carbons (Fsp3) is 0.278. The first kappa shape index (κ1) is 17.9. The lowest BCUT2D eigenvalue weighted by molar-refractivity contribution is -0.136. The van der Waals surface area contributed by atoms with E-state index in [9.17, 15) is 10.1 Å². The molecule has 2 aliphatic heterocycles. The van der Waals surface area contributed by atoms with Crippen LogP contribution in [0.1, 0.15) is 24.1 Å². The maximum absolute atomic E-state index is 12.5. The zero-order valence-electron chi connectivity index (χ0n) is 14.9. The summed E-state index contributed by atoms with van der Waals surface area (Å²) in [6.07, 6.45) is 0. The van der Waals surface area contributed by atoms with Gasteiger partial charge in [0.25, 0.3) is 0 Å². The number of methoxy groups -OCH3 is 2. The molecule has 7 nitrogen and oxygen atoms in total. The van der Waals surface area contributed by atoms with Gasteiger partial charge in [0.15, 0.2) is 5.17 Å². The minimum Gasteiger partial charge on any atom is -0.497 e. The van der Waals surface area contributed by atoms with Gasteiger partial charge in [0.1, 0.15) is 22.5 Å². The van der Waals surface area contributed by atoms with Crippen LogP contribution in [-0.4, -0.2) is 30.3 Å². The van der Waals surface area contributed by atoms with Crippen LogP contribution in [0.2, 0.25) is 0 Å². The highest BCUT2D eigenvalue weighted by Gasteiger charge is 2.43. The number of amidine groups is 1. The van der Waals surface area contributed by atoms with Gasteiger partial charge in [-0.3, -0.25) is 4.90 Å². The number of rotatable bonds is 3. The minimum absolute atomic E-state index is 0.283. The quantitative estimate of drug-likeness (QED) is 0.816. The van der Waals surface area contributed by atoms with Crippen LogP contribution in [0.15, 0.2) is 45.2 Å². The molecule has 134 valence electrons. The number of carbonyl (C=O) groups is 1. The number of hydrogen-bond acceptors (Lipinski definition) is 8. The molecule has 1 atom stereocenters. The van der Waals surface area contributed by atoms with Crippen LogP contribution in [-0.2, 0) is 9.53 Å². The van der Waals surface area contributed by atoms with Crippen molar-refractivity contribution in [2.75, 3.05) is 14.2 Å². The number of carbonyl (C=O) groups excluding carboxylic acids is 1. The van der Waals surface area contributed by atoms with Gasteiger partial charge in [0.05, 0.1) is 31.5 Å². The largest absolute Gasteiger partial charge is 0.497 e. The maximum atomic E-state index is 12.5. The minimum atomic E-state index is -0.529. The molecule has 0 saturated heterocycles. The van der Waals surface area contributed by atoms with E-state index in [0.717, 1.165) is 11.1 Å². The van der Waals surface area contributed by atoms with Crippen molar-refractivity contribution in [2.45, 2.75) is 19.9 Å². The summed E-state index contributed by atoms with van der Waals surface area (Å²) in [4.78, 5) is 19.1. The van der Waals surface area contributed by atoms with Crippen LogP contribution in [0.4, 0.5) is 0 Å². The highest BCUT2D eigenvalue weighted by atomic mass is 32.2. The second-order valence-corrected chi connectivity index (χ2v) is 6.79. The summed E-state index contributed by atoms with van der Waals surface area (Å²) in [5.41, 5.74) is 8.93. The molecular formula is C18H18N4O3S.